The van der Waals surface area contributed by atoms with Gasteiger partial charge < -0.3 is 9.84 Å². The Labute approximate surface area is 97.3 Å². The first-order valence-electron chi connectivity index (χ1n) is 5.50. The third-order valence-electron chi connectivity index (χ3n) is 1.96. The van der Waals surface area contributed by atoms with Crippen molar-refractivity contribution in [2.75, 3.05) is 6.61 Å². The Balaban J connectivity index is 2.95. The molecule has 0 bridgehead atoms. The van der Waals surface area contributed by atoms with E-state index in [0.29, 0.717) is 6.42 Å². The molecule has 2 nitrogen and oxygen atoms in total. The fraction of sp³-hybridized carbons (Fsp3) is 0.429. The first-order chi connectivity index (χ1) is 7.63. The van der Waals surface area contributed by atoms with E-state index in [2.05, 4.69) is 11.8 Å². The molecular formula is C14H18O2. The highest BCUT2D eigenvalue weighted by Crippen LogP contribution is 2.20. The van der Waals surface area contributed by atoms with Gasteiger partial charge in [0.15, 0.2) is 0 Å². The van der Waals surface area contributed by atoms with E-state index in [1.807, 2.05) is 39.0 Å². The van der Waals surface area contributed by atoms with Crippen LogP contribution in [0.25, 0.3) is 0 Å². The van der Waals surface area contributed by atoms with Gasteiger partial charge in [-0.3, -0.25) is 0 Å². The molecule has 0 heterocycles. The van der Waals surface area contributed by atoms with Crippen molar-refractivity contribution >= 4 is 0 Å². The third-order valence-corrected chi connectivity index (χ3v) is 1.96. The predicted molar refractivity (Wildman–Crippen MR) is 65.5 cm³/mol. The average Bonchev–Trinajstić information content (AvgIpc) is 2.22. The summed E-state index contributed by atoms with van der Waals surface area (Å²) in [5.41, 5.74) is 2.05. The highest BCUT2D eigenvalue weighted by atomic mass is 16.5. The summed E-state index contributed by atoms with van der Waals surface area (Å²) in [6.07, 6.45) is 0.635. The molecule has 1 N–H and O–H groups in total. The highest BCUT2D eigenvalue weighted by molar-refractivity contribution is 5.48. The lowest BCUT2D eigenvalue weighted by atomic mass is 10.1. The van der Waals surface area contributed by atoms with E-state index in [9.17, 15) is 0 Å². The fourth-order valence-electron chi connectivity index (χ4n) is 1.31. The van der Waals surface area contributed by atoms with Gasteiger partial charge in [0.2, 0.25) is 0 Å². The molecule has 1 rings (SSSR count). The van der Waals surface area contributed by atoms with Gasteiger partial charge in [0.1, 0.15) is 5.75 Å². The third kappa shape index (κ3) is 3.96. The van der Waals surface area contributed by atoms with Crippen LogP contribution in [0.3, 0.4) is 0 Å². The molecule has 0 fully saturated rings. The maximum Gasteiger partial charge on any atom is 0.135 e. The van der Waals surface area contributed by atoms with Gasteiger partial charge in [0.05, 0.1) is 18.3 Å². The summed E-state index contributed by atoms with van der Waals surface area (Å²) < 4.78 is 5.67. The van der Waals surface area contributed by atoms with Gasteiger partial charge in [-0.2, -0.15) is 0 Å². The van der Waals surface area contributed by atoms with Crippen molar-refractivity contribution < 1.29 is 9.84 Å². The number of hydrogen-bond acceptors (Lipinski definition) is 2. The summed E-state index contributed by atoms with van der Waals surface area (Å²) in [5, 5.41) is 8.68. The largest absolute Gasteiger partial charge is 0.490 e. The van der Waals surface area contributed by atoms with E-state index in [4.69, 9.17) is 9.84 Å². The second-order valence-corrected chi connectivity index (χ2v) is 3.94. The van der Waals surface area contributed by atoms with Crippen molar-refractivity contribution in [1.82, 2.24) is 0 Å². The minimum Gasteiger partial charge on any atom is -0.490 e. The first kappa shape index (κ1) is 12.6. The maximum atomic E-state index is 8.68. The lowest BCUT2D eigenvalue weighted by molar-refractivity contribution is 0.241. The van der Waals surface area contributed by atoms with Gasteiger partial charge in [-0.15, -0.1) is 0 Å². The number of rotatable bonds is 3. The molecule has 0 unspecified atom stereocenters. The zero-order valence-electron chi connectivity index (χ0n) is 10.1. The molecule has 0 aromatic heterocycles. The van der Waals surface area contributed by atoms with Gasteiger partial charge >= 0.3 is 0 Å². The number of aliphatic hydroxyl groups excluding tert-OH is 1. The quantitative estimate of drug-likeness (QED) is 0.790. The smallest absolute Gasteiger partial charge is 0.135 e. The SMILES string of the molecule is Cc1ccc(OC(C)C)c(C#CCCO)c1. The molecule has 0 aliphatic carbocycles. The van der Waals surface area contributed by atoms with Gasteiger partial charge in [-0.1, -0.05) is 17.9 Å². The molecular weight excluding hydrogens is 200 g/mol. The summed E-state index contributed by atoms with van der Waals surface area (Å²) in [6, 6.07) is 5.95. The van der Waals surface area contributed by atoms with Crippen molar-refractivity contribution in [3.63, 3.8) is 0 Å². The van der Waals surface area contributed by atoms with Gasteiger partial charge in [0, 0.05) is 6.42 Å². The molecule has 0 radical (unpaired) electrons. The zero-order valence-corrected chi connectivity index (χ0v) is 10.1. The Morgan fingerprint density at radius 1 is 1.38 bits per heavy atom. The van der Waals surface area contributed by atoms with Crippen molar-refractivity contribution in [3.8, 4) is 17.6 Å². The van der Waals surface area contributed by atoms with Crippen LogP contribution < -0.4 is 4.74 Å². The number of aryl methyl sites for hydroxylation is 1. The molecule has 1 aromatic carbocycles. The van der Waals surface area contributed by atoms with E-state index >= 15 is 0 Å². The molecule has 0 spiro atoms. The molecule has 1 aromatic rings. The van der Waals surface area contributed by atoms with E-state index in [-0.39, 0.29) is 12.7 Å². The number of aliphatic hydroxyl groups is 1. The van der Waals surface area contributed by atoms with E-state index in [1.165, 1.54) is 0 Å². The van der Waals surface area contributed by atoms with Crippen molar-refractivity contribution in [1.29, 1.82) is 0 Å². The molecule has 2 heteroatoms. The lowest BCUT2D eigenvalue weighted by Gasteiger charge is -2.11. The standard InChI is InChI=1S/C14H18O2/c1-11(2)16-14-8-7-12(3)10-13(14)6-4-5-9-15/h7-8,10-11,15H,5,9H2,1-3H3. The molecule has 0 saturated heterocycles. The van der Waals surface area contributed by atoms with Crippen LogP contribution in [0.15, 0.2) is 18.2 Å². The molecule has 86 valence electrons. The van der Waals surface area contributed by atoms with Crippen LogP contribution in [0, 0.1) is 18.8 Å². The van der Waals surface area contributed by atoms with Crippen LogP contribution in [-0.4, -0.2) is 17.8 Å². The van der Waals surface area contributed by atoms with Crippen molar-refractivity contribution in [2.24, 2.45) is 0 Å². The summed E-state index contributed by atoms with van der Waals surface area (Å²) in [6.45, 7) is 6.10. The Morgan fingerprint density at radius 3 is 2.75 bits per heavy atom. The average molecular weight is 218 g/mol. The summed E-state index contributed by atoms with van der Waals surface area (Å²) in [5.74, 6) is 6.75. The predicted octanol–water partition coefficient (Wildman–Crippen LogP) is 2.52. The Morgan fingerprint density at radius 2 is 2.12 bits per heavy atom. The number of ether oxygens (including phenoxy) is 1. The monoisotopic (exact) mass is 218 g/mol. The molecule has 0 amide bonds. The molecule has 0 aliphatic heterocycles. The van der Waals surface area contributed by atoms with Crippen LogP contribution in [-0.2, 0) is 0 Å². The second-order valence-electron chi connectivity index (χ2n) is 3.94. The van der Waals surface area contributed by atoms with Crippen LogP contribution >= 0.6 is 0 Å². The van der Waals surface area contributed by atoms with Gasteiger partial charge in [-0.05, 0) is 38.5 Å². The maximum absolute atomic E-state index is 8.68. The van der Waals surface area contributed by atoms with Crippen molar-refractivity contribution in [3.05, 3.63) is 29.3 Å². The molecule has 0 aliphatic rings. The first-order valence-corrected chi connectivity index (χ1v) is 5.50. The Bertz CT molecular complexity index is 397. The summed E-state index contributed by atoms with van der Waals surface area (Å²) in [7, 11) is 0. The Hall–Kier alpha value is -1.46. The second kappa shape index (κ2) is 6.19. The molecule has 0 atom stereocenters. The van der Waals surface area contributed by atoms with E-state index in [0.717, 1.165) is 16.9 Å². The van der Waals surface area contributed by atoms with Crippen LogP contribution in [0.4, 0.5) is 0 Å². The fourth-order valence-corrected chi connectivity index (χ4v) is 1.31. The minimum atomic E-state index is 0.0964. The molecule has 0 saturated carbocycles. The lowest BCUT2D eigenvalue weighted by Crippen LogP contribution is -2.06. The van der Waals surface area contributed by atoms with Crippen LogP contribution in [0.5, 0.6) is 5.75 Å². The minimum absolute atomic E-state index is 0.0964. The van der Waals surface area contributed by atoms with Crippen molar-refractivity contribution in [2.45, 2.75) is 33.3 Å². The Kier molecular flexibility index (Phi) is 4.88. The molecule has 16 heavy (non-hydrogen) atoms. The topological polar surface area (TPSA) is 29.5 Å². The zero-order chi connectivity index (χ0) is 12.0. The van der Waals surface area contributed by atoms with Crippen LogP contribution in [0.2, 0.25) is 0 Å². The van der Waals surface area contributed by atoms with Gasteiger partial charge in [0.25, 0.3) is 0 Å². The summed E-state index contributed by atoms with van der Waals surface area (Å²) >= 11 is 0. The number of hydrogen-bond donors (Lipinski definition) is 1. The number of benzene rings is 1. The van der Waals surface area contributed by atoms with Gasteiger partial charge in [-0.25, -0.2) is 0 Å². The normalized spacial score (nSPS) is 9.81. The van der Waals surface area contributed by atoms with E-state index < -0.39 is 0 Å². The van der Waals surface area contributed by atoms with Crippen LogP contribution in [0.1, 0.15) is 31.4 Å². The highest BCUT2D eigenvalue weighted by Gasteiger charge is 2.03. The van der Waals surface area contributed by atoms with E-state index in [1.54, 1.807) is 0 Å². The summed E-state index contributed by atoms with van der Waals surface area (Å²) in [4.78, 5) is 0.